The summed E-state index contributed by atoms with van der Waals surface area (Å²) in [7, 11) is 1.48. The number of benzene rings is 1. The fourth-order valence-electron chi connectivity index (χ4n) is 3.39. The first-order valence-electron chi connectivity index (χ1n) is 8.12. The highest BCUT2D eigenvalue weighted by Crippen LogP contribution is 2.35. The third-order valence-electron chi connectivity index (χ3n) is 4.49. The van der Waals surface area contributed by atoms with Gasteiger partial charge < -0.3 is 19.5 Å². The Morgan fingerprint density at radius 3 is 2.88 bits per heavy atom. The lowest BCUT2D eigenvalue weighted by Crippen LogP contribution is -2.45. The lowest BCUT2D eigenvalue weighted by atomic mass is 10.1. The number of tetrazole rings is 1. The minimum absolute atomic E-state index is 0.0163. The Hall–Kier alpha value is -2.36. The van der Waals surface area contributed by atoms with Crippen molar-refractivity contribution in [2.45, 2.75) is 24.3 Å². The van der Waals surface area contributed by atoms with E-state index in [4.69, 9.17) is 14.2 Å². The molecule has 25 heavy (non-hydrogen) atoms. The van der Waals surface area contributed by atoms with Gasteiger partial charge in [-0.15, -0.1) is 5.10 Å². The molecule has 4 atom stereocenters. The smallest absolute Gasteiger partial charge is 0.246 e. The second-order valence-electron chi connectivity index (χ2n) is 6.08. The maximum Gasteiger partial charge on any atom is 0.246 e. The number of methoxy groups -OCH3 is 1. The van der Waals surface area contributed by atoms with Crippen LogP contribution < -0.4 is 5.32 Å². The number of carbonyl (C=O) groups excluding carboxylic acids is 1. The van der Waals surface area contributed by atoms with Crippen LogP contribution >= 0.6 is 0 Å². The van der Waals surface area contributed by atoms with Crippen LogP contribution in [0, 0.1) is 0 Å². The molecule has 2 aliphatic rings. The van der Waals surface area contributed by atoms with E-state index in [2.05, 4.69) is 20.8 Å². The van der Waals surface area contributed by atoms with Gasteiger partial charge in [0, 0.05) is 12.7 Å². The van der Waals surface area contributed by atoms with E-state index in [0.29, 0.717) is 19.0 Å². The van der Waals surface area contributed by atoms with Crippen molar-refractivity contribution in [1.82, 2.24) is 25.5 Å². The maximum absolute atomic E-state index is 11.8. The number of ether oxygens (including phenoxy) is 3. The summed E-state index contributed by atoms with van der Waals surface area (Å²) >= 11 is 0. The van der Waals surface area contributed by atoms with Crippen molar-refractivity contribution >= 4 is 5.91 Å². The zero-order valence-electron chi connectivity index (χ0n) is 13.7. The predicted octanol–water partition coefficient (Wildman–Crippen LogP) is -0.190. The lowest BCUT2D eigenvalue weighted by Gasteiger charge is -2.18. The molecule has 2 fully saturated rings. The summed E-state index contributed by atoms with van der Waals surface area (Å²) in [5, 5.41) is 15.0. The van der Waals surface area contributed by atoms with Gasteiger partial charge in [-0.05, 0) is 10.4 Å². The third-order valence-corrected chi connectivity index (χ3v) is 4.49. The minimum Gasteiger partial charge on any atom is -0.375 e. The van der Waals surface area contributed by atoms with Crippen molar-refractivity contribution in [3.63, 3.8) is 0 Å². The van der Waals surface area contributed by atoms with Crippen molar-refractivity contribution in [1.29, 1.82) is 0 Å². The van der Waals surface area contributed by atoms with E-state index in [1.807, 2.05) is 30.3 Å². The summed E-state index contributed by atoms with van der Waals surface area (Å²) in [5.74, 6) is 0.488. The van der Waals surface area contributed by atoms with E-state index in [0.717, 1.165) is 5.56 Å². The Kier molecular flexibility index (Phi) is 4.43. The topological polar surface area (TPSA) is 100 Å². The highest BCUT2D eigenvalue weighted by molar-refractivity contribution is 5.77. The molecule has 0 radical (unpaired) electrons. The molecule has 9 nitrogen and oxygen atoms in total. The minimum atomic E-state index is -0.223. The number of rotatable bonds is 5. The summed E-state index contributed by atoms with van der Waals surface area (Å²) in [6.07, 6.45) is -0.433. The Labute approximate surface area is 144 Å². The predicted molar refractivity (Wildman–Crippen MR) is 85.6 cm³/mol. The fourth-order valence-corrected chi connectivity index (χ4v) is 3.39. The number of nitrogens with zero attached hydrogens (tertiary/aromatic N) is 4. The number of fused-ring (bicyclic) bond motifs is 1. The molecule has 2 aromatic rings. The van der Waals surface area contributed by atoms with Crippen LogP contribution in [0.2, 0.25) is 0 Å². The number of nitrogens with one attached hydrogen (secondary N) is 1. The van der Waals surface area contributed by atoms with Crippen LogP contribution in [0.25, 0.3) is 11.4 Å². The first kappa shape index (κ1) is 16.1. The largest absolute Gasteiger partial charge is 0.375 e. The van der Waals surface area contributed by atoms with Gasteiger partial charge in [0.1, 0.15) is 24.9 Å². The van der Waals surface area contributed by atoms with Crippen molar-refractivity contribution in [3.8, 4) is 11.4 Å². The molecule has 1 N–H and O–H groups in total. The van der Waals surface area contributed by atoms with Crippen LogP contribution in [0.4, 0.5) is 0 Å². The Balaban J connectivity index is 1.52. The van der Waals surface area contributed by atoms with Gasteiger partial charge >= 0.3 is 0 Å². The van der Waals surface area contributed by atoms with Crippen LogP contribution in [-0.2, 0) is 19.0 Å². The summed E-state index contributed by atoms with van der Waals surface area (Å²) in [6, 6.07) is 9.40. The molecule has 2 saturated heterocycles. The van der Waals surface area contributed by atoms with E-state index >= 15 is 0 Å². The molecule has 9 heteroatoms. The van der Waals surface area contributed by atoms with Gasteiger partial charge in [0.25, 0.3) is 0 Å². The molecule has 1 aromatic heterocycles. The molecule has 0 bridgehead atoms. The number of hydrogen-bond donors (Lipinski definition) is 1. The highest BCUT2D eigenvalue weighted by Gasteiger charge is 2.50. The SMILES string of the molecule is COCC(=O)NC1COC2C1OCC2n1nnnc1-c1ccccc1. The van der Waals surface area contributed by atoms with Crippen molar-refractivity contribution in [2.24, 2.45) is 0 Å². The van der Waals surface area contributed by atoms with Crippen LogP contribution in [-0.4, -0.2) is 71.3 Å². The standard InChI is InChI=1S/C16H19N5O4/c1-23-9-13(22)17-11-7-24-15-12(8-25-14(11)15)21-16(18-19-20-21)10-5-3-2-4-6-10/h2-6,11-12,14-15H,7-9H2,1H3,(H,17,22). The van der Waals surface area contributed by atoms with Gasteiger partial charge in [-0.1, -0.05) is 30.3 Å². The Morgan fingerprint density at radius 1 is 1.28 bits per heavy atom. The number of aromatic nitrogens is 4. The second kappa shape index (κ2) is 6.87. The fraction of sp³-hybridized carbons (Fsp3) is 0.500. The van der Waals surface area contributed by atoms with Crippen molar-refractivity contribution in [3.05, 3.63) is 30.3 Å². The summed E-state index contributed by atoms with van der Waals surface area (Å²) in [6.45, 7) is 0.837. The normalized spacial score (nSPS) is 28.0. The van der Waals surface area contributed by atoms with Gasteiger partial charge in [0.2, 0.25) is 5.91 Å². The summed E-state index contributed by atoms with van der Waals surface area (Å²) in [4.78, 5) is 11.8. The van der Waals surface area contributed by atoms with E-state index in [9.17, 15) is 4.79 Å². The number of amides is 1. The molecule has 1 amide bonds. The summed E-state index contributed by atoms with van der Waals surface area (Å²) < 4.78 is 18.4. The van der Waals surface area contributed by atoms with Gasteiger partial charge in [-0.25, -0.2) is 4.68 Å². The average Bonchev–Trinajstić information content (AvgIpc) is 3.33. The van der Waals surface area contributed by atoms with Crippen LogP contribution in [0.1, 0.15) is 6.04 Å². The van der Waals surface area contributed by atoms with E-state index in [1.165, 1.54) is 7.11 Å². The molecule has 1 aromatic carbocycles. The zero-order chi connectivity index (χ0) is 17.2. The molecule has 4 unspecified atom stereocenters. The number of carbonyl (C=O) groups is 1. The molecular formula is C16H19N5O4. The molecule has 3 heterocycles. The monoisotopic (exact) mass is 345 g/mol. The van der Waals surface area contributed by atoms with Gasteiger partial charge in [0.05, 0.1) is 19.3 Å². The van der Waals surface area contributed by atoms with Gasteiger partial charge in [-0.2, -0.15) is 0 Å². The van der Waals surface area contributed by atoms with Crippen LogP contribution in [0.15, 0.2) is 30.3 Å². The molecule has 0 saturated carbocycles. The molecular weight excluding hydrogens is 326 g/mol. The second-order valence-corrected chi connectivity index (χ2v) is 6.08. The van der Waals surface area contributed by atoms with Crippen LogP contribution in [0.3, 0.4) is 0 Å². The quantitative estimate of drug-likeness (QED) is 0.801. The lowest BCUT2D eigenvalue weighted by molar-refractivity contribution is -0.126. The molecule has 2 aliphatic heterocycles. The maximum atomic E-state index is 11.8. The Morgan fingerprint density at radius 2 is 2.08 bits per heavy atom. The van der Waals surface area contributed by atoms with E-state index in [1.54, 1.807) is 4.68 Å². The van der Waals surface area contributed by atoms with Crippen molar-refractivity contribution < 1.29 is 19.0 Å². The first-order valence-corrected chi connectivity index (χ1v) is 8.12. The highest BCUT2D eigenvalue weighted by atomic mass is 16.6. The zero-order valence-corrected chi connectivity index (χ0v) is 13.7. The number of hydrogen-bond acceptors (Lipinski definition) is 7. The van der Waals surface area contributed by atoms with Crippen LogP contribution in [0.5, 0.6) is 0 Å². The summed E-state index contributed by atoms with van der Waals surface area (Å²) in [5.41, 5.74) is 0.930. The average molecular weight is 345 g/mol. The molecule has 4 rings (SSSR count). The van der Waals surface area contributed by atoms with E-state index in [-0.39, 0.29) is 36.8 Å². The first-order chi connectivity index (χ1) is 12.3. The molecule has 0 spiro atoms. The van der Waals surface area contributed by atoms with E-state index < -0.39 is 0 Å². The third kappa shape index (κ3) is 3.01. The molecule has 132 valence electrons. The Bertz CT molecular complexity index is 737. The molecule has 0 aliphatic carbocycles. The van der Waals surface area contributed by atoms with Crippen molar-refractivity contribution in [2.75, 3.05) is 26.9 Å². The van der Waals surface area contributed by atoms with Gasteiger partial charge in [0.15, 0.2) is 5.82 Å². The van der Waals surface area contributed by atoms with Gasteiger partial charge in [-0.3, -0.25) is 4.79 Å².